The van der Waals surface area contributed by atoms with Crippen molar-refractivity contribution in [3.63, 3.8) is 0 Å². The first-order chi connectivity index (χ1) is 9.22. The zero-order valence-corrected chi connectivity index (χ0v) is 12.5. The van der Waals surface area contributed by atoms with E-state index < -0.39 is 0 Å². The van der Waals surface area contributed by atoms with Gasteiger partial charge in [-0.2, -0.15) is 5.10 Å². The largest absolute Gasteiger partial charge is 0.493 e. The van der Waals surface area contributed by atoms with Crippen molar-refractivity contribution in [1.82, 2.24) is 24.7 Å². The Hall–Kier alpha value is -1.47. The van der Waals surface area contributed by atoms with Gasteiger partial charge in [-0.1, -0.05) is 11.4 Å². The number of hydrogen-bond donors (Lipinski definition) is 1. The fourth-order valence-corrected chi connectivity index (χ4v) is 2.87. The minimum Gasteiger partial charge on any atom is -0.493 e. The van der Waals surface area contributed by atoms with Gasteiger partial charge in [0, 0.05) is 6.54 Å². The third-order valence-electron chi connectivity index (χ3n) is 3.01. The number of nitrogens with zero attached hydrogens (tertiary/aromatic N) is 4. The average molecular weight is 281 g/mol. The molecule has 2 heterocycles. The summed E-state index contributed by atoms with van der Waals surface area (Å²) in [5.74, 6) is 0.792. The van der Waals surface area contributed by atoms with Crippen molar-refractivity contribution in [2.45, 2.75) is 32.9 Å². The minimum absolute atomic E-state index is 0.00370. The van der Waals surface area contributed by atoms with Gasteiger partial charge in [-0.25, -0.2) is 0 Å². The molecule has 0 radical (unpaired) electrons. The summed E-state index contributed by atoms with van der Waals surface area (Å²) in [5.41, 5.74) is 1.97. The zero-order chi connectivity index (χ0) is 13.8. The predicted octanol–water partition coefficient (Wildman–Crippen LogP) is 1.77. The summed E-state index contributed by atoms with van der Waals surface area (Å²) in [7, 11) is 3.59. The first-order valence-electron chi connectivity index (χ1n) is 6.28. The van der Waals surface area contributed by atoms with Crippen LogP contribution in [0.1, 0.15) is 35.7 Å². The van der Waals surface area contributed by atoms with Crippen molar-refractivity contribution >= 4 is 11.5 Å². The van der Waals surface area contributed by atoms with Crippen LogP contribution in [0.15, 0.2) is 6.20 Å². The Balaban J connectivity index is 2.48. The number of methoxy groups -OCH3 is 1. The molecule has 2 rings (SSSR count). The fourth-order valence-electron chi connectivity index (χ4n) is 2.11. The summed E-state index contributed by atoms with van der Waals surface area (Å²) in [6.45, 7) is 4.96. The van der Waals surface area contributed by atoms with Crippen LogP contribution in [-0.2, 0) is 6.54 Å². The molecule has 0 saturated carbocycles. The Morgan fingerprint density at radius 1 is 1.53 bits per heavy atom. The second kappa shape index (κ2) is 6.12. The van der Waals surface area contributed by atoms with Crippen LogP contribution in [-0.4, -0.2) is 33.5 Å². The molecule has 0 aliphatic rings. The van der Waals surface area contributed by atoms with Crippen LogP contribution in [0.5, 0.6) is 5.75 Å². The maximum Gasteiger partial charge on any atom is 0.161 e. The Bertz CT molecular complexity index is 536. The van der Waals surface area contributed by atoms with E-state index >= 15 is 0 Å². The monoisotopic (exact) mass is 281 g/mol. The molecule has 0 fully saturated rings. The highest BCUT2D eigenvalue weighted by molar-refractivity contribution is 7.05. The van der Waals surface area contributed by atoms with Crippen molar-refractivity contribution in [2.24, 2.45) is 0 Å². The normalized spacial score (nSPS) is 12.6. The smallest absolute Gasteiger partial charge is 0.161 e. The van der Waals surface area contributed by atoms with Gasteiger partial charge in [-0.15, -0.1) is 5.10 Å². The van der Waals surface area contributed by atoms with E-state index in [0.717, 1.165) is 35.0 Å². The quantitative estimate of drug-likeness (QED) is 0.874. The summed E-state index contributed by atoms with van der Waals surface area (Å²) < 4.78 is 11.4. The molecule has 6 nitrogen and oxygen atoms in total. The lowest BCUT2D eigenvalue weighted by Gasteiger charge is -2.18. The van der Waals surface area contributed by atoms with Gasteiger partial charge in [0.25, 0.3) is 0 Å². The number of rotatable bonds is 6. The van der Waals surface area contributed by atoms with E-state index in [1.807, 2.05) is 18.7 Å². The van der Waals surface area contributed by atoms with E-state index in [4.69, 9.17) is 4.74 Å². The maximum absolute atomic E-state index is 5.43. The topological polar surface area (TPSA) is 64.9 Å². The molecule has 0 bridgehead atoms. The highest BCUT2D eigenvalue weighted by Gasteiger charge is 2.25. The molecule has 0 amide bonds. The molecule has 2 aromatic rings. The lowest BCUT2D eigenvalue weighted by Crippen LogP contribution is -2.22. The van der Waals surface area contributed by atoms with E-state index in [9.17, 15) is 0 Å². The van der Waals surface area contributed by atoms with E-state index in [1.54, 1.807) is 13.3 Å². The second-order valence-electron chi connectivity index (χ2n) is 4.27. The summed E-state index contributed by atoms with van der Waals surface area (Å²) in [5, 5.41) is 11.8. The van der Waals surface area contributed by atoms with Gasteiger partial charge in [-0.3, -0.25) is 4.68 Å². The molecule has 19 heavy (non-hydrogen) atoms. The van der Waals surface area contributed by atoms with Crippen LogP contribution in [0.25, 0.3) is 0 Å². The maximum atomic E-state index is 5.43. The third-order valence-corrected chi connectivity index (χ3v) is 3.90. The molecule has 0 aliphatic carbocycles. The van der Waals surface area contributed by atoms with Crippen LogP contribution < -0.4 is 10.1 Å². The highest BCUT2D eigenvalue weighted by atomic mass is 32.1. The zero-order valence-electron chi connectivity index (χ0n) is 11.7. The predicted molar refractivity (Wildman–Crippen MR) is 74.6 cm³/mol. The van der Waals surface area contributed by atoms with Crippen LogP contribution in [0, 0.1) is 6.92 Å². The average Bonchev–Trinajstić information content (AvgIpc) is 3.00. The molecule has 0 saturated heterocycles. The molecule has 1 unspecified atom stereocenters. The Morgan fingerprint density at radius 3 is 2.84 bits per heavy atom. The van der Waals surface area contributed by atoms with E-state index in [2.05, 4.69) is 26.9 Å². The lowest BCUT2D eigenvalue weighted by atomic mass is 10.1. The molecular formula is C12H19N5OS. The highest BCUT2D eigenvalue weighted by Crippen LogP contribution is 2.32. The third kappa shape index (κ3) is 2.62. The summed E-state index contributed by atoms with van der Waals surface area (Å²) in [4.78, 5) is 1.10. The Morgan fingerprint density at radius 2 is 2.32 bits per heavy atom. The fraction of sp³-hybridized carbons (Fsp3) is 0.583. The van der Waals surface area contributed by atoms with Gasteiger partial charge in [0.2, 0.25) is 0 Å². The first kappa shape index (κ1) is 14.0. The van der Waals surface area contributed by atoms with Crippen LogP contribution in [0.4, 0.5) is 0 Å². The molecule has 2 aromatic heterocycles. The Kier molecular flexibility index (Phi) is 4.49. The minimum atomic E-state index is 0.00370. The van der Waals surface area contributed by atoms with Crippen molar-refractivity contribution in [2.75, 3.05) is 14.2 Å². The Labute approximate surface area is 117 Å². The number of ether oxygens (including phenoxy) is 1. The van der Waals surface area contributed by atoms with Gasteiger partial charge in [0.05, 0.1) is 29.9 Å². The second-order valence-corrected chi connectivity index (χ2v) is 5.05. The van der Waals surface area contributed by atoms with Gasteiger partial charge in [0.15, 0.2) is 5.75 Å². The van der Waals surface area contributed by atoms with Gasteiger partial charge in [-0.05, 0) is 31.9 Å². The summed E-state index contributed by atoms with van der Waals surface area (Å²) in [6.07, 6.45) is 2.79. The van der Waals surface area contributed by atoms with Gasteiger partial charge in [0.1, 0.15) is 5.69 Å². The van der Waals surface area contributed by atoms with Crippen molar-refractivity contribution in [3.05, 3.63) is 22.5 Å². The molecule has 0 aromatic carbocycles. The van der Waals surface area contributed by atoms with Crippen molar-refractivity contribution < 1.29 is 4.74 Å². The van der Waals surface area contributed by atoms with E-state index in [-0.39, 0.29) is 6.04 Å². The standard InChI is InChI=1S/C12H19N5OS/c1-5-6-17-11(9(18-4)7-14-17)10(13-3)12-8(2)15-16-19-12/h7,10,13H,5-6H2,1-4H3. The van der Waals surface area contributed by atoms with E-state index in [0.29, 0.717) is 0 Å². The number of nitrogens with one attached hydrogen (secondary N) is 1. The number of aryl methyl sites for hydroxylation is 2. The van der Waals surface area contributed by atoms with Crippen LogP contribution >= 0.6 is 11.5 Å². The molecule has 104 valence electrons. The van der Waals surface area contributed by atoms with Crippen LogP contribution in [0.2, 0.25) is 0 Å². The van der Waals surface area contributed by atoms with Crippen LogP contribution in [0.3, 0.4) is 0 Å². The molecule has 1 atom stereocenters. The molecular weight excluding hydrogens is 262 g/mol. The van der Waals surface area contributed by atoms with Gasteiger partial charge >= 0.3 is 0 Å². The molecule has 1 N–H and O–H groups in total. The summed E-state index contributed by atoms with van der Waals surface area (Å²) >= 11 is 1.41. The molecule has 0 spiro atoms. The number of aromatic nitrogens is 4. The number of hydrogen-bond acceptors (Lipinski definition) is 6. The van der Waals surface area contributed by atoms with Crippen molar-refractivity contribution in [3.8, 4) is 5.75 Å². The molecule has 7 heteroatoms. The van der Waals surface area contributed by atoms with E-state index in [1.165, 1.54) is 11.5 Å². The van der Waals surface area contributed by atoms with Crippen molar-refractivity contribution in [1.29, 1.82) is 0 Å². The first-order valence-corrected chi connectivity index (χ1v) is 7.06. The van der Waals surface area contributed by atoms with Gasteiger partial charge < -0.3 is 10.1 Å². The lowest BCUT2D eigenvalue weighted by molar-refractivity contribution is 0.400. The molecule has 0 aliphatic heterocycles. The SMILES string of the molecule is CCCn1ncc(OC)c1C(NC)c1snnc1C. The summed E-state index contributed by atoms with van der Waals surface area (Å²) in [6, 6.07) is 0.00370.